The van der Waals surface area contributed by atoms with Gasteiger partial charge in [-0.2, -0.15) is 0 Å². The molecule has 0 radical (unpaired) electrons. The highest BCUT2D eigenvalue weighted by molar-refractivity contribution is 5.81. The largest absolute Gasteiger partial charge is 0.496 e. The van der Waals surface area contributed by atoms with Gasteiger partial charge in [0.25, 0.3) is 0 Å². The number of rotatable bonds is 4. The average molecular weight is 413 g/mol. The molecule has 3 aromatic carbocycles. The first-order valence-corrected chi connectivity index (χ1v) is 10.3. The van der Waals surface area contributed by atoms with E-state index >= 15 is 0 Å². The maximum atomic E-state index is 13.6. The summed E-state index contributed by atoms with van der Waals surface area (Å²) in [6.07, 6.45) is 0. The van der Waals surface area contributed by atoms with Crippen LogP contribution in [0.4, 0.5) is 21.5 Å². The smallest absolute Gasteiger partial charge is 0.130 e. The number of anilines is 3. The van der Waals surface area contributed by atoms with Crippen molar-refractivity contribution in [1.29, 1.82) is 0 Å². The van der Waals surface area contributed by atoms with Gasteiger partial charge < -0.3 is 9.72 Å². The molecular formula is C26H24FN3O. The zero-order valence-electron chi connectivity index (χ0n) is 17.8. The number of benzene rings is 3. The molecule has 1 unspecified atom stereocenters. The summed E-state index contributed by atoms with van der Waals surface area (Å²) in [5, 5.41) is 4.37. The normalized spacial score (nSPS) is 15.3. The van der Waals surface area contributed by atoms with Crippen molar-refractivity contribution in [2.45, 2.75) is 19.9 Å². The summed E-state index contributed by atoms with van der Waals surface area (Å²) in [6, 6.07) is 25.4. The fourth-order valence-electron chi connectivity index (χ4n) is 4.35. The molecule has 1 aliphatic rings. The summed E-state index contributed by atoms with van der Waals surface area (Å²) < 4.78 is 19.4. The van der Waals surface area contributed by atoms with Gasteiger partial charge in [-0.05, 0) is 68.4 Å². The molecule has 0 aliphatic carbocycles. The number of hydrogen-bond donors (Lipinski definition) is 1. The third kappa shape index (κ3) is 3.22. The highest BCUT2D eigenvalue weighted by Crippen LogP contribution is 2.47. The molecule has 0 spiro atoms. The van der Waals surface area contributed by atoms with E-state index in [1.54, 1.807) is 7.11 Å². The summed E-state index contributed by atoms with van der Waals surface area (Å²) in [5.74, 6) is 0.544. The van der Waals surface area contributed by atoms with Crippen molar-refractivity contribution < 1.29 is 9.13 Å². The zero-order chi connectivity index (χ0) is 21.5. The number of nitrogens with one attached hydrogen (secondary N) is 1. The number of fused-ring (bicyclic) bond motifs is 1. The van der Waals surface area contributed by atoms with E-state index in [-0.39, 0.29) is 11.9 Å². The van der Waals surface area contributed by atoms with Gasteiger partial charge in [0.15, 0.2) is 0 Å². The third-order valence-corrected chi connectivity index (χ3v) is 5.84. The summed E-state index contributed by atoms with van der Waals surface area (Å²) in [5.41, 5.74) is 7.35. The van der Waals surface area contributed by atoms with Crippen molar-refractivity contribution in [2.75, 3.05) is 17.1 Å². The number of hydrazine groups is 1. The number of methoxy groups -OCH3 is 1. The van der Waals surface area contributed by atoms with E-state index in [9.17, 15) is 4.39 Å². The quantitative estimate of drug-likeness (QED) is 0.400. The zero-order valence-corrected chi connectivity index (χ0v) is 17.8. The number of halogens is 1. The molecule has 0 saturated heterocycles. The number of H-pyrrole nitrogens is 1. The summed E-state index contributed by atoms with van der Waals surface area (Å²) in [7, 11) is 1.69. The van der Waals surface area contributed by atoms with Gasteiger partial charge in [-0.3, -0.25) is 10.0 Å². The van der Waals surface area contributed by atoms with E-state index in [0.29, 0.717) is 0 Å². The molecule has 0 fully saturated rings. The van der Waals surface area contributed by atoms with E-state index in [2.05, 4.69) is 70.5 Å². The maximum Gasteiger partial charge on any atom is 0.130 e. The molecular weight excluding hydrogens is 389 g/mol. The summed E-state index contributed by atoms with van der Waals surface area (Å²) in [6.45, 7) is 4.20. The third-order valence-electron chi connectivity index (χ3n) is 5.84. The molecule has 31 heavy (non-hydrogen) atoms. The van der Waals surface area contributed by atoms with Crippen LogP contribution in [0.5, 0.6) is 5.75 Å². The van der Waals surface area contributed by atoms with Gasteiger partial charge in [-0.1, -0.05) is 18.2 Å². The number of aromatic nitrogens is 1. The van der Waals surface area contributed by atoms with Crippen LogP contribution in [0.2, 0.25) is 0 Å². The lowest BCUT2D eigenvalue weighted by Crippen LogP contribution is -2.35. The Kier molecular flexibility index (Phi) is 4.66. The first-order chi connectivity index (χ1) is 15.1. The highest BCUT2D eigenvalue weighted by atomic mass is 19.1. The monoisotopic (exact) mass is 413 g/mol. The van der Waals surface area contributed by atoms with Crippen LogP contribution in [-0.4, -0.2) is 12.1 Å². The number of ether oxygens (including phenoxy) is 1. The van der Waals surface area contributed by atoms with E-state index in [1.165, 1.54) is 17.7 Å². The Balaban J connectivity index is 1.64. The summed E-state index contributed by atoms with van der Waals surface area (Å²) >= 11 is 0. The van der Waals surface area contributed by atoms with Crippen LogP contribution in [0.15, 0.2) is 78.9 Å². The molecule has 1 aliphatic heterocycles. The lowest BCUT2D eigenvalue weighted by molar-refractivity contribution is 0.416. The Morgan fingerprint density at radius 3 is 2.35 bits per heavy atom. The van der Waals surface area contributed by atoms with Crippen LogP contribution in [-0.2, 0) is 0 Å². The van der Waals surface area contributed by atoms with Gasteiger partial charge in [0, 0.05) is 28.6 Å². The first kappa shape index (κ1) is 19.2. The number of aryl methyl sites for hydroxylation is 1. The Labute approximate surface area is 181 Å². The topological polar surface area (TPSA) is 31.5 Å². The van der Waals surface area contributed by atoms with E-state index < -0.39 is 0 Å². The fourth-order valence-corrected chi connectivity index (χ4v) is 4.35. The van der Waals surface area contributed by atoms with Crippen LogP contribution >= 0.6 is 0 Å². The molecule has 156 valence electrons. The molecule has 1 N–H and O–H groups in total. The molecule has 4 nitrogen and oxygen atoms in total. The molecule has 1 aromatic heterocycles. The lowest BCUT2D eigenvalue weighted by atomic mass is 10.1. The van der Waals surface area contributed by atoms with Crippen LogP contribution in [0, 0.1) is 12.7 Å². The Morgan fingerprint density at radius 2 is 1.65 bits per heavy atom. The molecule has 4 aromatic rings. The van der Waals surface area contributed by atoms with Crippen molar-refractivity contribution in [3.8, 4) is 17.0 Å². The number of para-hydroxylation sites is 1. The predicted molar refractivity (Wildman–Crippen MR) is 123 cm³/mol. The fraction of sp³-hybridized carbons (Fsp3) is 0.154. The minimum atomic E-state index is -0.244. The highest BCUT2D eigenvalue weighted by Gasteiger charge is 2.35. The van der Waals surface area contributed by atoms with E-state index in [1.807, 2.05) is 25.1 Å². The first-order valence-electron chi connectivity index (χ1n) is 10.3. The van der Waals surface area contributed by atoms with Crippen molar-refractivity contribution in [3.63, 3.8) is 0 Å². The Hall–Kier alpha value is -3.73. The second-order valence-electron chi connectivity index (χ2n) is 7.81. The van der Waals surface area contributed by atoms with Gasteiger partial charge in [0.2, 0.25) is 0 Å². The van der Waals surface area contributed by atoms with Crippen LogP contribution in [0.25, 0.3) is 11.3 Å². The van der Waals surface area contributed by atoms with Crippen molar-refractivity contribution in [2.24, 2.45) is 0 Å². The predicted octanol–water partition coefficient (Wildman–Crippen LogP) is 6.77. The van der Waals surface area contributed by atoms with Gasteiger partial charge in [-0.25, -0.2) is 4.39 Å². The second kappa shape index (κ2) is 7.51. The van der Waals surface area contributed by atoms with Gasteiger partial charge >= 0.3 is 0 Å². The molecule has 0 amide bonds. The minimum absolute atomic E-state index is 0.0957. The number of nitrogens with zero attached hydrogens (tertiary/aromatic N) is 2. The van der Waals surface area contributed by atoms with Crippen molar-refractivity contribution in [1.82, 2.24) is 4.98 Å². The molecule has 5 heteroatoms. The summed E-state index contributed by atoms with van der Waals surface area (Å²) in [4.78, 5) is 3.38. The molecule has 2 heterocycles. The maximum absolute atomic E-state index is 13.6. The Morgan fingerprint density at radius 1 is 0.903 bits per heavy atom. The van der Waals surface area contributed by atoms with Crippen molar-refractivity contribution >= 4 is 17.1 Å². The molecule has 1 atom stereocenters. The molecule has 0 bridgehead atoms. The number of aromatic amines is 1. The standard InChI is InChI=1S/C26H24FN3O/c1-17-8-15-24(28-17)23-14-13-21(16-26(23)31-3)30-25-7-5-4-6-22(25)18(2)29(30)20-11-9-19(27)10-12-20/h4-16,18,28H,1-3H3. The lowest BCUT2D eigenvalue weighted by Gasteiger charge is -2.35. The SMILES string of the molecule is COc1cc(N2c3ccccc3C(C)N2c2ccc(F)cc2)ccc1-c1ccc(C)[nH]1. The minimum Gasteiger partial charge on any atom is -0.496 e. The second-order valence-corrected chi connectivity index (χ2v) is 7.81. The van der Waals surface area contributed by atoms with Gasteiger partial charge in [0.05, 0.1) is 30.2 Å². The van der Waals surface area contributed by atoms with Crippen LogP contribution < -0.4 is 14.8 Å². The van der Waals surface area contributed by atoms with E-state index in [0.717, 1.165) is 39.8 Å². The molecule has 0 saturated carbocycles. The number of hydrogen-bond acceptors (Lipinski definition) is 3. The van der Waals surface area contributed by atoms with Crippen LogP contribution in [0.3, 0.4) is 0 Å². The molecule has 5 rings (SSSR count). The van der Waals surface area contributed by atoms with Gasteiger partial charge in [0.1, 0.15) is 11.6 Å². The van der Waals surface area contributed by atoms with Gasteiger partial charge in [-0.15, -0.1) is 0 Å². The average Bonchev–Trinajstić information content (AvgIpc) is 3.35. The van der Waals surface area contributed by atoms with E-state index in [4.69, 9.17) is 4.74 Å². The van der Waals surface area contributed by atoms with Crippen LogP contribution in [0.1, 0.15) is 24.2 Å². The van der Waals surface area contributed by atoms with Crippen molar-refractivity contribution in [3.05, 3.63) is 95.9 Å². The Bertz CT molecular complexity index is 1230.